The topological polar surface area (TPSA) is 61.7 Å². The van der Waals surface area contributed by atoms with E-state index < -0.39 is 12.4 Å². The Kier molecular flexibility index (Phi) is 4.92. The molecule has 0 saturated carbocycles. The van der Waals surface area contributed by atoms with E-state index in [1.165, 1.54) is 0 Å². The van der Waals surface area contributed by atoms with Gasteiger partial charge in [-0.3, -0.25) is 10.3 Å². The van der Waals surface area contributed by atoms with Gasteiger partial charge in [-0.2, -0.15) is 0 Å². The van der Waals surface area contributed by atoms with Crippen molar-refractivity contribution in [1.29, 1.82) is 0 Å². The van der Waals surface area contributed by atoms with E-state index in [2.05, 4.69) is 5.48 Å². The standard InChI is InChI=1S/C15H17NO3/c17-15(18)14(11-12-7-3-1-4-8-12)19-16-13-9-5-2-6-10-13/h1-10,14-18H,11H2. The molecule has 1 atom stereocenters. The van der Waals surface area contributed by atoms with Gasteiger partial charge in [0.15, 0.2) is 6.29 Å². The Labute approximate surface area is 112 Å². The van der Waals surface area contributed by atoms with Gasteiger partial charge in [0.05, 0.1) is 5.69 Å². The lowest BCUT2D eigenvalue weighted by atomic mass is 10.1. The summed E-state index contributed by atoms with van der Waals surface area (Å²) in [5.41, 5.74) is 4.47. The van der Waals surface area contributed by atoms with Gasteiger partial charge in [-0.25, -0.2) is 0 Å². The maximum Gasteiger partial charge on any atom is 0.181 e. The Balaban J connectivity index is 1.93. The van der Waals surface area contributed by atoms with Gasteiger partial charge >= 0.3 is 0 Å². The predicted molar refractivity (Wildman–Crippen MR) is 73.3 cm³/mol. The lowest BCUT2D eigenvalue weighted by Gasteiger charge is -2.20. The van der Waals surface area contributed by atoms with E-state index >= 15 is 0 Å². The molecule has 100 valence electrons. The molecule has 0 spiro atoms. The molecule has 2 aromatic rings. The molecule has 3 N–H and O–H groups in total. The average Bonchev–Trinajstić information content (AvgIpc) is 2.45. The van der Waals surface area contributed by atoms with Gasteiger partial charge in [0.1, 0.15) is 6.10 Å². The van der Waals surface area contributed by atoms with Crippen molar-refractivity contribution in [1.82, 2.24) is 0 Å². The van der Waals surface area contributed by atoms with Crippen LogP contribution in [0.5, 0.6) is 0 Å². The van der Waals surface area contributed by atoms with E-state index in [-0.39, 0.29) is 0 Å². The van der Waals surface area contributed by atoms with Gasteiger partial charge in [0.2, 0.25) is 0 Å². The highest BCUT2D eigenvalue weighted by molar-refractivity contribution is 5.40. The third kappa shape index (κ3) is 4.37. The molecule has 0 saturated heterocycles. The molecular weight excluding hydrogens is 242 g/mol. The first-order chi connectivity index (χ1) is 9.25. The van der Waals surface area contributed by atoms with Crippen LogP contribution in [0.1, 0.15) is 5.56 Å². The van der Waals surface area contributed by atoms with Crippen molar-refractivity contribution in [3.8, 4) is 0 Å². The molecule has 0 amide bonds. The van der Waals surface area contributed by atoms with E-state index in [0.29, 0.717) is 6.42 Å². The van der Waals surface area contributed by atoms with Crippen molar-refractivity contribution >= 4 is 5.69 Å². The number of para-hydroxylation sites is 1. The van der Waals surface area contributed by atoms with E-state index in [1.807, 2.05) is 60.7 Å². The summed E-state index contributed by atoms with van der Waals surface area (Å²) >= 11 is 0. The quantitative estimate of drug-likeness (QED) is 0.548. The molecule has 1 unspecified atom stereocenters. The zero-order chi connectivity index (χ0) is 13.5. The van der Waals surface area contributed by atoms with Gasteiger partial charge in [-0.15, -0.1) is 0 Å². The van der Waals surface area contributed by atoms with Crippen LogP contribution < -0.4 is 5.48 Å². The van der Waals surface area contributed by atoms with Gasteiger partial charge < -0.3 is 10.2 Å². The van der Waals surface area contributed by atoms with Crippen LogP contribution in [0, 0.1) is 0 Å². The Morgan fingerprint density at radius 2 is 1.47 bits per heavy atom. The fourth-order valence-corrected chi connectivity index (χ4v) is 1.70. The molecule has 0 aliphatic heterocycles. The molecule has 0 radical (unpaired) electrons. The number of aliphatic hydroxyl groups excluding tert-OH is 1. The number of rotatable bonds is 6. The summed E-state index contributed by atoms with van der Waals surface area (Å²) in [4.78, 5) is 5.34. The van der Waals surface area contributed by atoms with Gasteiger partial charge in [0.25, 0.3) is 0 Å². The summed E-state index contributed by atoms with van der Waals surface area (Å²) in [6, 6.07) is 18.9. The molecule has 0 aromatic heterocycles. The van der Waals surface area contributed by atoms with Crippen molar-refractivity contribution in [2.75, 3.05) is 5.48 Å². The first-order valence-corrected chi connectivity index (χ1v) is 6.12. The number of nitrogens with one attached hydrogen (secondary N) is 1. The van der Waals surface area contributed by atoms with Gasteiger partial charge in [-0.1, -0.05) is 48.5 Å². The molecule has 4 heteroatoms. The number of anilines is 1. The van der Waals surface area contributed by atoms with Crippen molar-refractivity contribution < 1.29 is 15.1 Å². The van der Waals surface area contributed by atoms with Crippen LogP contribution in [-0.4, -0.2) is 22.6 Å². The minimum atomic E-state index is -1.54. The molecule has 0 heterocycles. The van der Waals surface area contributed by atoms with Crippen LogP contribution in [0.2, 0.25) is 0 Å². The van der Waals surface area contributed by atoms with Crippen LogP contribution in [0.15, 0.2) is 60.7 Å². The second-order valence-corrected chi connectivity index (χ2v) is 4.23. The zero-order valence-corrected chi connectivity index (χ0v) is 10.4. The third-order valence-electron chi connectivity index (χ3n) is 2.71. The summed E-state index contributed by atoms with van der Waals surface area (Å²) in [6.45, 7) is 0. The van der Waals surface area contributed by atoms with E-state index in [4.69, 9.17) is 4.84 Å². The third-order valence-corrected chi connectivity index (χ3v) is 2.71. The number of hydrogen-bond donors (Lipinski definition) is 3. The lowest BCUT2D eigenvalue weighted by molar-refractivity contribution is -0.133. The minimum absolute atomic E-state index is 0.415. The summed E-state index contributed by atoms with van der Waals surface area (Å²) in [5, 5.41) is 18.7. The van der Waals surface area contributed by atoms with Crippen molar-refractivity contribution in [2.45, 2.75) is 18.8 Å². The fraction of sp³-hybridized carbons (Fsp3) is 0.200. The molecule has 2 rings (SSSR count). The number of hydrogen-bond acceptors (Lipinski definition) is 4. The molecular formula is C15H17NO3. The molecule has 0 aliphatic rings. The van der Waals surface area contributed by atoms with E-state index in [9.17, 15) is 10.2 Å². The molecule has 2 aromatic carbocycles. The highest BCUT2D eigenvalue weighted by Gasteiger charge is 2.18. The number of aliphatic hydroxyl groups is 2. The zero-order valence-electron chi connectivity index (χ0n) is 10.4. The Hall–Kier alpha value is -1.88. The molecule has 0 fully saturated rings. The predicted octanol–water partition coefficient (Wildman–Crippen LogP) is 1.95. The molecule has 4 nitrogen and oxygen atoms in total. The first-order valence-electron chi connectivity index (χ1n) is 6.12. The van der Waals surface area contributed by atoms with Gasteiger partial charge in [-0.05, 0) is 17.7 Å². The SMILES string of the molecule is OC(O)C(Cc1ccccc1)ONc1ccccc1. The smallest absolute Gasteiger partial charge is 0.181 e. The highest BCUT2D eigenvalue weighted by Crippen LogP contribution is 2.11. The van der Waals surface area contributed by atoms with Crippen LogP contribution in [0.4, 0.5) is 5.69 Å². The van der Waals surface area contributed by atoms with Crippen LogP contribution in [0.3, 0.4) is 0 Å². The van der Waals surface area contributed by atoms with E-state index in [0.717, 1.165) is 11.3 Å². The second-order valence-electron chi connectivity index (χ2n) is 4.23. The lowest BCUT2D eigenvalue weighted by Crippen LogP contribution is -2.32. The normalized spacial score (nSPS) is 12.4. The van der Waals surface area contributed by atoms with Crippen LogP contribution in [-0.2, 0) is 11.3 Å². The van der Waals surface area contributed by atoms with Crippen LogP contribution in [0.25, 0.3) is 0 Å². The number of benzene rings is 2. The summed E-state index contributed by atoms with van der Waals surface area (Å²) in [6.07, 6.45) is -1.86. The van der Waals surface area contributed by atoms with E-state index in [1.54, 1.807) is 0 Å². The minimum Gasteiger partial charge on any atom is -0.366 e. The van der Waals surface area contributed by atoms with Gasteiger partial charge in [0, 0.05) is 6.42 Å². The Morgan fingerprint density at radius 3 is 2.05 bits per heavy atom. The summed E-state index contributed by atoms with van der Waals surface area (Å²) in [5.74, 6) is 0. The van der Waals surface area contributed by atoms with Crippen molar-refractivity contribution in [3.63, 3.8) is 0 Å². The monoisotopic (exact) mass is 259 g/mol. The molecule has 19 heavy (non-hydrogen) atoms. The highest BCUT2D eigenvalue weighted by atomic mass is 16.7. The maximum absolute atomic E-state index is 9.34. The molecule has 0 aliphatic carbocycles. The Morgan fingerprint density at radius 1 is 0.895 bits per heavy atom. The van der Waals surface area contributed by atoms with Crippen molar-refractivity contribution in [3.05, 3.63) is 66.2 Å². The average molecular weight is 259 g/mol. The second kappa shape index (κ2) is 6.89. The summed E-state index contributed by atoms with van der Waals surface area (Å²) < 4.78 is 0. The molecule has 0 bridgehead atoms. The summed E-state index contributed by atoms with van der Waals surface area (Å²) in [7, 11) is 0. The van der Waals surface area contributed by atoms with Crippen molar-refractivity contribution in [2.24, 2.45) is 0 Å². The largest absolute Gasteiger partial charge is 0.366 e. The fourth-order valence-electron chi connectivity index (χ4n) is 1.70. The maximum atomic E-state index is 9.34. The Bertz CT molecular complexity index is 473. The van der Waals surface area contributed by atoms with Crippen LogP contribution >= 0.6 is 0 Å². The first kappa shape index (κ1) is 13.5.